The van der Waals surface area contributed by atoms with Crippen molar-refractivity contribution in [2.24, 2.45) is 0 Å². The summed E-state index contributed by atoms with van der Waals surface area (Å²) in [6, 6.07) is 2.96. The Morgan fingerprint density at radius 2 is 2.24 bits per heavy atom. The number of aliphatic hydroxyl groups excluding tert-OH is 1. The Morgan fingerprint density at radius 1 is 1.48 bits per heavy atom. The molecule has 0 spiro atoms. The molecule has 1 atom stereocenters. The molecule has 21 heavy (non-hydrogen) atoms. The number of nitrogen functional groups attached to an aromatic ring is 1. The third kappa shape index (κ3) is 4.15. The van der Waals surface area contributed by atoms with Crippen molar-refractivity contribution in [3.8, 4) is 0 Å². The van der Waals surface area contributed by atoms with Crippen LogP contribution in [0.1, 0.15) is 12.1 Å². The number of hydrogen-bond acceptors (Lipinski definition) is 6. The third-order valence-corrected chi connectivity index (χ3v) is 5.24. The van der Waals surface area contributed by atoms with Crippen LogP contribution in [0.2, 0.25) is 0 Å². The molecule has 0 aliphatic carbocycles. The van der Waals surface area contributed by atoms with Gasteiger partial charge in [-0.15, -0.1) is 0 Å². The molecule has 0 saturated carbocycles. The lowest BCUT2D eigenvalue weighted by Crippen LogP contribution is -2.43. The number of nitrogens with zero attached hydrogens (tertiary/aromatic N) is 2. The second-order valence-corrected chi connectivity index (χ2v) is 7.36. The molecule has 1 aromatic rings. The molecule has 0 radical (unpaired) electrons. The zero-order chi connectivity index (χ0) is 15.5. The Labute approximate surface area is 123 Å². The maximum atomic E-state index is 12.3. The van der Waals surface area contributed by atoms with E-state index in [0.29, 0.717) is 17.8 Å². The van der Waals surface area contributed by atoms with Crippen molar-refractivity contribution < 1.29 is 18.3 Å². The van der Waals surface area contributed by atoms with Crippen molar-refractivity contribution >= 4 is 21.4 Å². The van der Waals surface area contributed by atoms with Crippen LogP contribution in [0.25, 0.3) is 0 Å². The first-order valence-corrected chi connectivity index (χ1v) is 8.54. The van der Waals surface area contributed by atoms with Crippen molar-refractivity contribution in [1.29, 1.82) is 0 Å². The summed E-state index contributed by atoms with van der Waals surface area (Å²) in [5.74, 6) is -0.176. The highest BCUT2D eigenvalue weighted by atomic mass is 32.2. The summed E-state index contributed by atoms with van der Waals surface area (Å²) in [6.07, 6.45) is 1.96. The highest BCUT2D eigenvalue weighted by Gasteiger charge is 2.34. The summed E-state index contributed by atoms with van der Waals surface area (Å²) in [5, 5.41) is 9.10. The van der Waals surface area contributed by atoms with Gasteiger partial charge in [-0.3, -0.25) is 9.78 Å². The molecule has 1 amide bonds. The highest BCUT2D eigenvalue weighted by molar-refractivity contribution is 7.91. The molecule has 3 N–H and O–H groups in total. The molecule has 2 heterocycles. The molecular formula is C13H19N3O4S. The molecule has 1 saturated heterocycles. The molecule has 116 valence electrons. The zero-order valence-electron chi connectivity index (χ0n) is 11.6. The molecule has 1 unspecified atom stereocenters. The van der Waals surface area contributed by atoms with E-state index in [2.05, 4.69) is 4.98 Å². The second-order valence-electron chi connectivity index (χ2n) is 5.13. The maximum absolute atomic E-state index is 12.3. The first-order chi connectivity index (χ1) is 9.91. The van der Waals surface area contributed by atoms with Gasteiger partial charge in [-0.25, -0.2) is 8.42 Å². The van der Waals surface area contributed by atoms with Crippen LogP contribution in [0.4, 0.5) is 5.69 Å². The van der Waals surface area contributed by atoms with Gasteiger partial charge in [-0.2, -0.15) is 0 Å². The van der Waals surface area contributed by atoms with Crippen molar-refractivity contribution in [2.75, 3.05) is 30.4 Å². The molecular weight excluding hydrogens is 294 g/mol. The Morgan fingerprint density at radius 3 is 2.76 bits per heavy atom. The van der Waals surface area contributed by atoms with Crippen molar-refractivity contribution in [1.82, 2.24) is 9.88 Å². The zero-order valence-corrected chi connectivity index (χ0v) is 12.4. The average molecular weight is 313 g/mol. The SMILES string of the molecule is Nc1ccc(CC(=O)N(CCO)C2CCS(=O)(=O)C2)nc1. The number of sulfone groups is 1. The summed E-state index contributed by atoms with van der Waals surface area (Å²) in [7, 11) is -3.08. The molecule has 1 aromatic heterocycles. The first-order valence-electron chi connectivity index (χ1n) is 6.72. The Bertz CT molecular complexity index is 600. The summed E-state index contributed by atoms with van der Waals surface area (Å²) >= 11 is 0. The van der Waals surface area contributed by atoms with E-state index in [-0.39, 0.29) is 43.0 Å². The quantitative estimate of drug-likeness (QED) is 0.737. The topological polar surface area (TPSA) is 114 Å². The Balaban J connectivity index is 2.07. The minimum Gasteiger partial charge on any atom is -0.397 e. The fraction of sp³-hybridized carbons (Fsp3) is 0.538. The predicted octanol–water partition coefficient (Wildman–Crippen LogP) is -0.786. The highest BCUT2D eigenvalue weighted by Crippen LogP contribution is 2.18. The molecule has 8 heteroatoms. The number of aliphatic hydroxyl groups is 1. The molecule has 1 aliphatic heterocycles. The number of hydrogen-bond donors (Lipinski definition) is 2. The maximum Gasteiger partial charge on any atom is 0.228 e. The van der Waals surface area contributed by atoms with Gasteiger partial charge < -0.3 is 15.7 Å². The number of nitrogens with two attached hydrogens (primary N) is 1. The van der Waals surface area contributed by atoms with E-state index >= 15 is 0 Å². The van der Waals surface area contributed by atoms with Gasteiger partial charge in [-0.05, 0) is 18.6 Å². The number of rotatable bonds is 5. The summed E-state index contributed by atoms with van der Waals surface area (Å²) in [6.45, 7) is -0.0640. The van der Waals surface area contributed by atoms with Gasteiger partial charge in [0.05, 0.1) is 36.4 Å². The van der Waals surface area contributed by atoms with E-state index in [4.69, 9.17) is 10.8 Å². The van der Waals surface area contributed by atoms with Gasteiger partial charge >= 0.3 is 0 Å². The lowest BCUT2D eigenvalue weighted by atomic mass is 10.1. The van der Waals surface area contributed by atoms with Gasteiger partial charge in [-0.1, -0.05) is 0 Å². The average Bonchev–Trinajstić information content (AvgIpc) is 2.78. The Hall–Kier alpha value is -1.67. The number of aromatic nitrogens is 1. The van der Waals surface area contributed by atoms with Crippen molar-refractivity contribution in [3.63, 3.8) is 0 Å². The van der Waals surface area contributed by atoms with Crippen LogP contribution < -0.4 is 5.73 Å². The van der Waals surface area contributed by atoms with Crippen LogP contribution in [0.5, 0.6) is 0 Å². The van der Waals surface area contributed by atoms with Crippen LogP contribution >= 0.6 is 0 Å². The second kappa shape index (κ2) is 6.40. The van der Waals surface area contributed by atoms with Gasteiger partial charge in [0.25, 0.3) is 0 Å². The smallest absolute Gasteiger partial charge is 0.228 e. The monoisotopic (exact) mass is 313 g/mol. The van der Waals surface area contributed by atoms with Gasteiger partial charge in [0, 0.05) is 18.3 Å². The van der Waals surface area contributed by atoms with Crippen LogP contribution in [0, 0.1) is 0 Å². The van der Waals surface area contributed by atoms with Gasteiger partial charge in [0.15, 0.2) is 9.84 Å². The minimum absolute atomic E-state index is 0.0338. The molecule has 2 rings (SSSR count). The Kier molecular flexibility index (Phi) is 4.79. The number of carbonyl (C=O) groups is 1. The largest absolute Gasteiger partial charge is 0.397 e. The number of pyridine rings is 1. The summed E-state index contributed by atoms with van der Waals surface area (Å²) in [4.78, 5) is 17.8. The predicted molar refractivity (Wildman–Crippen MR) is 78.2 cm³/mol. The van der Waals surface area contributed by atoms with E-state index in [0.717, 1.165) is 0 Å². The summed E-state index contributed by atoms with van der Waals surface area (Å²) in [5.41, 5.74) is 6.62. The van der Waals surface area contributed by atoms with Crippen molar-refractivity contribution in [3.05, 3.63) is 24.0 Å². The van der Waals surface area contributed by atoms with E-state index in [1.54, 1.807) is 12.1 Å². The van der Waals surface area contributed by atoms with Gasteiger partial charge in [0.1, 0.15) is 0 Å². The van der Waals surface area contributed by atoms with Crippen LogP contribution in [-0.4, -0.2) is 60.0 Å². The van der Waals surface area contributed by atoms with E-state index in [1.807, 2.05) is 0 Å². The molecule has 7 nitrogen and oxygen atoms in total. The minimum atomic E-state index is -3.08. The standard InChI is InChI=1S/C13H19N3O4S/c14-10-1-2-11(15-8-10)7-13(18)16(4-5-17)12-3-6-21(19,20)9-12/h1-2,8,12,17H,3-7,9,14H2. The normalized spacial score (nSPS) is 20.3. The van der Waals surface area contributed by atoms with Gasteiger partial charge in [0.2, 0.25) is 5.91 Å². The number of anilines is 1. The van der Waals surface area contributed by atoms with E-state index in [1.165, 1.54) is 11.1 Å². The third-order valence-electron chi connectivity index (χ3n) is 3.49. The van der Waals surface area contributed by atoms with E-state index in [9.17, 15) is 13.2 Å². The fourth-order valence-electron chi connectivity index (χ4n) is 2.44. The van der Waals surface area contributed by atoms with Crippen LogP contribution in [0.15, 0.2) is 18.3 Å². The van der Waals surface area contributed by atoms with Crippen LogP contribution in [-0.2, 0) is 21.1 Å². The van der Waals surface area contributed by atoms with Crippen molar-refractivity contribution in [2.45, 2.75) is 18.9 Å². The molecule has 1 aliphatic rings. The van der Waals surface area contributed by atoms with E-state index < -0.39 is 9.84 Å². The molecule has 0 bridgehead atoms. The lowest BCUT2D eigenvalue weighted by Gasteiger charge is -2.27. The number of carbonyl (C=O) groups excluding carboxylic acids is 1. The molecule has 1 fully saturated rings. The lowest BCUT2D eigenvalue weighted by molar-refractivity contribution is -0.132. The molecule has 0 aromatic carbocycles. The van der Waals surface area contributed by atoms with Crippen LogP contribution in [0.3, 0.4) is 0 Å². The first kappa shape index (κ1) is 15.7. The summed E-state index contributed by atoms with van der Waals surface area (Å²) < 4.78 is 23.1. The number of amides is 1. The fourth-order valence-corrected chi connectivity index (χ4v) is 4.17.